The van der Waals surface area contributed by atoms with Gasteiger partial charge in [0, 0.05) is 25.6 Å². The zero-order valence-corrected chi connectivity index (χ0v) is 14.5. The van der Waals surface area contributed by atoms with Gasteiger partial charge in [0.1, 0.15) is 0 Å². The van der Waals surface area contributed by atoms with Crippen LogP contribution < -0.4 is 0 Å². The lowest BCUT2D eigenvalue weighted by Crippen LogP contribution is -2.42. The van der Waals surface area contributed by atoms with Gasteiger partial charge < -0.3 is 4.90 Å². The Hall–Kier alpha value is -1.35. The van der Waals surface area contributed by atoms with Crippen LogP contribution in [-0.4, -0.2) is 41.9 Å². The smallest absolute Gasteiger partial charge is 0.225 e. The summed E-state index contributed by atoms with van der Waals surface area (Å²) in [4.78, 5) is 17.4. The molecule has 2 aliphatic rings. The SMILES string of the molecule is Cc1ccc(CN2CCC(C(=O)N3CCCCCC3)CC2)cc1. The quantitative estimate of drug-likeness (QED) is 0.851. The Morgan fingerprint density at radius 1 is 0.957 bits per heavy atom. The van der Waals surface area contributed by atoms with E-state index in [-0.39, 0.29) is 5.92 Å². The van der Waals surface area contributed by atoms with Crippen LogP contribution in [0.25, 0.3) is 0 Å². The van der Waals surface area contributed by atoms with Crippen LogP contribution in [0.1, 0.15) is 49.7 Å². The maximum atomic E-state index is 12.7. The first-order chi connectivity index (χ1) is 11.2. The monoisotopic (exact) mass is 314 g/mol. The molecule has 2 fully saturated rings. The van der Waals surface area contributed by atoms with Crippen LogP contribution >= 0.6 is 0 Å². The maximum absolute atomic E-state index is 12.7. The summed E-state index contributed by atoms with van der Waals surface area (Å²) in [5.41, 5.74) is 2.70. The Morgan fingerprint density at radius 2 is 1.57 bits per heavy atom. The molecule has 0 saturated carbocycles. The van der Waals surface area contributed by atoms with Crippen molar-refractivity contribution in [2.45, 2.75) is 52.0 Å². The van der Waals surface area contributed by atoms with Crippen LogP contribution in [0.15, 0.2) is 24.3 Å². The lowest BCUT2D eigenvalue weighted by atomic mass is 9.94. The van der Waals surface area contributed by atoms with Crippen molar-refractivity contribution in [3.63, 3.8) is 0 Å². The third-order valence-electron chi connectivity index (χ3n) is 5.38. The Morgan fingerprint density at radius 3 is 2.17 bits per heavy atom. The number of hydrogen-bond acceptors (Lipinski definition) is 2. The molecular formula is C20H30N2O. The number of piperidine rings is 1. The molecule has 0 unspecified atom stereocenters. The number of carbonyl (C=O) groups excluding carboxylic acids is 1. The van der Waals surface area contributed by atoms with E-state index in [0.717, 1.165) is 45.6 Å². The van der Waals surface area contributed by atoms with Gasteiger partial charge in [-0.1, -0.05) is 42.7 Å². The second-order valence-electron chi connectivity index (χ2n) is 7.28. The summed E-state index contributed by atoms with van der Waals surface area (Å²) in [6.45, 7) is 7.23. The van der Waals surface area contributed by atoms with E-state index >= 15 is 0 Å². The molecule has 2 saturated heterocycles. The van der Waals surface area contributed by atoms with Gasteiger partial charge in [0.15, 0.2) is 0 Å². The van der Waals surface area contributed by atoms with Crippen molar-refractivity contribution in [1.29, 1.82) is 0 Å². The summed E-state index contributed by atoms with van der Waals surface area (Å²) in [5, 5.41) is 0. The first-order valence-corrected chi connectivity index (χ1v) is 9.29. The average Bonchev–Trinajstić information content (AvgIpc) is 2.86. The van der Waals surface area contributed by atoms with Gasteiger partial charge in [-0.3, -0.25) is 9.69 Å². The average molecular weight is 314 g/mol. The summed E-state index contributed by atoms with van der Waals surface area (Å²) in [6.07, 6.45) is 7.02. The van der Waals surface area contributed by atoms with Crippen molar-refractivity contribution < 1.29 is 4.79 Å². The number of rotatable bonds is 3. The number of amides is 1. The summed E-state index contributed by atoms with van der Waals surface area (Å²) in [5.74, 6) is 0.698. The number of benzene rings is 1. The predicted octanol–water partition coefficient (Wildman–Crippen LogP) is 3.61. The Labute approximate surface area is 140 Å². The molecule has 1 aromatic carbocycles. The molecule has 0 aliphatic carbocycles. The zero-order chi connectivity index (χ0) is 16.1. The minimum absolute atomic E-state index is 0.266. The maximum Gasteiger partial charge on any atom is 0.225 e. The third kappa shape index (κ3) is 4.57. The highest BCUT2D eigenvalue weighted by Gasteiger charge is 2.28. The standard InChI is InChI=1S/C20H30N2O/c1-17-6-8-18(9-7-17)16-21-14-10-19(11-15-21)20(23)22-12-4-2-3-5-13-22/h6-9,19H,2-5,10-16H2,1H3. The van der Waals surface area contributed by atoms with Crippen molar-refractivity contribution in [1.82, 2.24) is 9.80 Å². The molecule has 0 spiro atoms. The molecule has 0 aromatic heterocycles. The fourth-order valence-electron chi connectivity index (χ4n) is 3.84. The largest absolute Gasteiger partial charge is 0.342 e. The van der Waals surface area contributed by atoms with Crippen molar-refractivity contribution in [2.24, 2.45) is 5.92 Å². The van der Waals surface area contributed by atoms with Crippen molar-refractivity contribution >= 4 is 5.91 Å². The lowest BCUT2D eigenvalue weighted by molar-refractivity contribution is -0.137. The van der Waals surface area contributed by atoms with Crippen LogP contribution in [0.3, 0.4) is 0 Å². The van der Waals surface area contributed by atoms with Gasteiger partial charge in [0.05, 0.1) is 0 Å². The summed E-state index contributed by atoms with van der Waals surface area (Å²) < 4.78 is 0. The van der Waals surface area contributed by atoms with Crippen molar-refractivity contribution in [3.05, 3.63) is 35.4 Å². The van der Waals surface area contributed by atoms with E-state index < -0.39 is 0 Å². The van der Waals surface area contributed by atoms with E-state index in [4.69, 9.17) is 0 Å². The normalized spacial score (nSPS) is 21.2. The molecule has 0 radical (unpaired) electrons. The van der Waals surface area contributed by atoms with Crippen LogP contribution in [0.2, 0.25) is 0 Å². The van der Waals surface area contributed by atoms with Gasteiger partial charge in [-0.25, -0.2) is 0 Å². The fourth-order valence-corrected chi connectivity index (χ4v) is 3.84. The van der Waals surface area contributed by atoms with Crippen LogP contribution in [0.5, 0.6) is 0 Å². The van der Waals surface area contributed by atoms with Crippen molar-refractivity contribution in [3.8, 4) is 0 Å². The van der Waals surface area contributed by atoms with Gasteiger partial charge in [-0.05, 0) is 51.3 Å². The lowest BCUT2D eigenvalue weighted by Gasteiger charge is -2.34. The van der Waals surface area contributed by atoms with Gasteiger partial charge in [-0.2, -0.15) is 0 Å². The Kier molecular flexibility index (Phi) is 5.71. The molecule has 0 atom stereocenters. The minimum atomic E-state index is 0.266. The zero-order valence-electron chi connectivity index (χ0n) is 14.5. The number of aryl methyl sites for hydroxylation is 1. The van der Waals surface area contributed by atoms with Gasteiger partial charge in [-0.15, -0.1) is 0 Å². The highest BCUT2D eigenvalue weighted by Crippen LogP contribution is 2.23. The molecule has 3 rings (SSSR count). The minimum Gasteiger partial charge on any atom is -0.342 e. The van der Waals surface area contributed by atoms with E-state index in [0.29, 0.717) is 5.91 Å². The Bertz CT molecular complexity index is 495. The first-order valence-electron chi connectivity index (χ1n) is 9.29. The van der Waals surface area contributed by atoms with E-state index in [1.807, 2.05) is 0 Å². The summed E-state index contributed by atoms with van der Waals surface area (Å²) in [6, 6.07) is 8.82. The van der Waals surface area contributed by atoms with E-state index in [9.17, 15) is 4.79 Å². The van der Waals surface area contributed by atoms with Crippen LogP contribution in [0, 0.1) is 12.8 Å². The van der Waals surface area contributed by atoms with E-state index in [2.05, 4.69) is 41.0 Å². The molecule has 3 heteroatoms. The van der Waals surface area contributed by atoms with E-state index in [1.54, 1.807) is 0 Å². The molecule has 1 aromatic rings. The van der Waals surface area contributed by atoms with Crippen LogP contribution in [-0.2, 0) is 11.3 Å². The highest BCUT2D eigenvalue weighted by atomic mass is 16.2. The first kappa shape index (κ1) is 16.5. The van der Waals surface area contributed by atoms with E-state index in [1.165, 1.54) is 36.8 Å². The third-order valence-corrected chi connectivity index (χ3v) is 5.38. The molecule has 2 aliphatic heterocycles. The molecular weight excluding hydrogens is 284 g/mol. The summed E-state index contributed by atoms with van der Waals surface area (Å²) in [7, 11) is 0. The molecule has 1 amide bonds. The number of nitrogens with zero attached hydrogens (tertiary/aromatic N) is 2. The predicted molar refractivity (Wildman–Crippen MR) is 94.2 cm³/mol. The molecule has 0 bridgehead atoms. The number of carbonyl (C=O) groups is 1. The molecule has 0 N–H and O–H groups in total. The molecule has 3 nitrogen and oxygen atoms in total. The topological polar surface area (TPSA) is 23.6 Å². The van der Waals surface area contributed by atoms with Crippen LogP contribution in [0.4, 0.5) is 0 Å². The number of hydrogen-bond donors (Lipinski definition) is 0. The van der Waals surface area contributed by atoms with Gasteiger partial charge in [0.25, 0.3) is 0 Å². The fraction of sp³-hybridized carbons (Fsp3) is 0.650. The molecule has 126 valence electrons. The second kappa shape index (κ2) is 7.96. The van der Waals surface area contributed by atoms with Gasteiger partial charge >= 0.3 is 0 Å². The molecule has 23 heavy (non-hydrogen) atoms. The number of likely N-dealkylation sites (tertiary alicyclic amines) is 2. The highest BCUT2D eigenvalue weighted by molar-refractivity contribution is 5.79. The summed E-state index contributed by atoms with van der Waals surface area (Å²) >= 11 is 0. The van der Waals surface area contributed by atoms with Crippen molar-refractivity contribution in [2.75, 3.05) is 26.2 Å². The molecule has 2 heterocycles. The van der Waals surface area contributed by atoms with Gasteiger partial charge in [0.2, 0.25) is 5.91 Å². The Balaban J connectivity index is 1.47. The second-order valence-corrected chi connectivity index (χ2v) is 7.28.